The van der Waals surface area contributed by atoms with Gasteiger partial charge >= 0.3 is 0 Å². The Morgan fingerprint density at radius 1 is 1.19 bits per heavy atom. The van der Waals surface area contributed by atoms with E-state index in [0.29, 0.717) is 40.8 Å². The average Bonchev–Trinajstić information content (AvgIpc) is 3.39. The van der Waals surface area contributed by atoms with Crippen LogP contribution in [0.25, 0.3) is 22.4 Å². The third-order valence-electron chi connectivity index (χ3n) is 4.78. The molecule has 0 spiro atoms. The summed E-state index contributed by atoms with van der Waals surface area (Å²) < 4.78 is 26.2. The van der Waals surface area contributed by atoms with Gasteiger partial charge in [-0.1, -0.05) is 18.2 Å². The Balaban J connectivity index is 1.37. The van der Waals surface area contributed by atoms with Crippen LogP contribution in [0.15, 0.2) is 53.9 Å². The van der Waals surface area contributed by atoms with Crippen LogP contribution in [0.1, 0.15) is 11.3 Å². The third-order valence-corrected chi connectivity index (χ3v) is 5.64. The Morgan fingerprint density at radius 3 is 2.78 bits per heavy atom. The summed E-state index contributed by atoms with van der Waals surface area (Å²) in [6.07, 6.45) is 3.74. The van der Waals surface area contributed by atoms with E-state index < -0.39 is 0 Å². The van der Waals surface area contributed by atoms with Crippen LogP contribution >= 0.6 is 11.3 Å². The van der Waals surface area contributed by atoms with Crippen molar-refractivity contribution in [1.29, 1.82) is 0 Å². The third kappa shape index (κ3) is 4.62. The molecule has 4 rings (SSSR count). The van der Waals surface area contributed by atoms with Crippen molar-refractivity contribution in [1.82, 2.24) is 19.9 Å². The van der Waals surface area contributed by atoms with Crippen LogP contribution in [0, 0.1) is 5.82 Å². The highest BCUT2D eigenvalue weighted by atomic mass is 32.1. The van der Waals surface area contributed by atoms with Crippen molar-refractivity contribution in [3.63, 3.8) is 0 Å². The number of nitrogens with one attached hydrogen (secondary N) is 1. The lowest BCUT2D eigenvalue weighted by Crippen LogP contribution is -2.23. The number of hydrogen-bond acceptors (Lipinski definition) is 6. The van der Waals surface area contributed by atoms with E-state index in [9.17, 15) is 9.18 Å². The van der Waals surface area contributed by atoms with Crippen LogP contribution in [-0.4, -0.2) is 41.3 Å². The quantitative estimate of drug-likeness (QED) is 0.409. The van der Waals surface area contributed by atoms with Gasteiger partial charge in [-0.05, 0) is 35.9 Å². The van der Waals surface area contributed by atoms with E-state index in [2.05, 4.69) is 15.4 Å². The van der Waals surface area contributed by atoms with Crippen molar-refractivity contribution in [3.05, 3.63) is 71.0 Å². The van der Waals surface area contributed by atoms with Gasteiger partial charge in [0.1, 0.15) is 5.82 Å². The first kappa shape index (κ1) is 21.5. The lowest BCUT2D eigenvalue weighted by molar-refractivity contribution is -0.116. The number of nitrogens with zero attached hydrogens (tertiary/aromatic N) is 3. The van der Waals surface area contributed by atoms with Gasteiger partial charge in [0.05, 0.1) is 25.5 Å². The van der Waals surface area contributed by atoms with Gasteiger partial charge in [-0.25, -0.2) is 8.91 Å². The van der Waals surface area contributed by atoms with Crippen LogP contribution in [0.4, 0.5) is 4.39 Å². The van der Waals surface area contributed by atoms with Gasteiger partial charge < -0.3 is 14.8 Å². The Kier molecular flexibility index (Phi) is 6.46. The molecule has 0 bridgehead atoms. The molecule has 164 valence electrons. The number of carbonyl (C=O) groups is 1. The second-order valence-corrected chi connectivity index (χ2v) is 7.66. The van der Waals surface area contributed by atoms with Crippen LogP contribution in [0.5, 0.6) is 11.5 Å². The highest BCUT2D eigenvalue weighted by molar-refractivity contribution is 7.15. The number of fused-ring (bicyclic) bond motifs is 1. The molecule has 1 amide bonds. The molecule has 2 heterocycles. The van der Waals surface area contributed by atoms with E-state index in [1.54, 1.807) is 55.1 Å². The second kappa shape index (κ2) is 9.61. The standard InChI is InChI=1S/C23H21FN4O3S/c1-30-19-9-7-15(13-20(19)31-2)8-10-21(29)25-12-11-16-14-32-23-26-22(27-28(16)23)17-5-3-4-6-18(17)24/h3-10,13-14H,11-12H2,1-2H3,(H,25,29). The molecular weight excluding hydrogens is 431 g/mol. The monoisotopic (exact) mass is 452 g/mol. The number of methoxy groups -OCH3 is 2. The Bertz CT molecular complexity index is 1280. The maximum absolute atomic E-state index is 14.0. The van der Waals surface area contributed by atoms with Crippen LogP contribution < -0.4 is 14.8 Å². The van der Waals surface area contributed by atoms with Gasteiger partial charge in [-0.15, -0.1) is 16.4 Å². The van der Waals surface area contributed by atoms with Crippen molar-refractivity contribution >= 4 is 28.3 Å². The molecule has 0 aliphatic rings. The van der Waals surface area contributed by atoms with E-state index in [1.807, 2.05) is 11.4 Å². The van der Waals surface area contributed by atoms with E-state index in [0.717, 1.165) is 11.3 Å². The molecule has 0 radical (unpaired) electrons. The summed E-state index contributed by atoms with van der Waals surface area (Å²) in [6.45, 7) is 0.426. The van der Waals surface area contributed by atoms with Gasteiger partial charge in [-0.2, -0.15) is 4.98 Å². The molecule has 32 heavy (non-hydrogen) atoms. The highest BCUT2D eigenvalue weighted by Crippen LogP contribution is 2.28. The molecule has 0 fully saturated rings. The Morgan fingerprint density at radius 2 is 2.00 bits per heavy atom. The molecule has 0 aliphatic carbocycles. The molecule has 4 aromatic rings. The predicted molar refractivity (Wildman–Crippen MR) is 122 cm³/mol. The van der Waals surface area contributed by atoms with Crippen LogP contribution in [-0.2, 0) is 11.2 Å². The van der Waals surface area contributed by atoms with Crippen molar-refractivity contribution in [2.75, 3.05) is 20.8 Å². The van der Waals surface area contributed by atoms with Crippen LogP contribution in [0.3, 0.4) is 0 Å². The fourth-order valence-corrected chi connectivity index (χ4v) is 4.01. The number of hydrogen-bond donors (Lipinski definition) is 1. The number of aromatic nitrogens is 3. The molecule has 0 atom stereocenters. The zero-order valence-electron chi connectivity index (χ0n) is 17.5. The van der Waals surface area contributed by atoms with Crippen molar-refractivity contribution < 1.29 is 18.7 Å². The smallest absolute Gasteiger partial charge is 0.244 e. The molecule has 2 aromatic carbocycles. The summed E-state index contributed by atoms with van der Waals surface area (Å²) in [6, 6.07) is 11.8. The first-order valence-electron chi connectivity index (χ1n) is 9.85. The number of benzene rings is 2. The summed E-state index contributed by atoms with van der Waals surface area (Å²) in [7, 11) is 3.13. The van der Waals surface area contributed by atoms with Gasteiger partial charge in [0, 0.05) is 24.4 Å². The minimum absolute atomic E-state index is 0.211. The topological polar surface area (TPSA) is 77.8 Å². The Hall–Kier alpha value is -3.72. The summed E-state index contributed by atoms with van der Waals surface area (Å²) >= 11 is 1.43. The average molecular weight is 453 g/mol. The summed E-state index contributed by atoms with van der Waals surface area (Å²) in [5, 5.41) is 9.23. The Labute approximate surface area is 188 Å². The van der Waals surface area contributed by atoms with Crippen molar-refractivity contribution in [3.8, 4) is 22.9 Å². The number of ether oxygens (including phenoxy) is 2. The molecule has 7 nitrogen and oxygen atoms in total. The van der Waals surface area contributed by atoms with Crippen LogP contribution in [0.2, 0.25) is 0 Å². The van der Waals surface area contributed by atoms with E-state index in [1.165, 1.54) is 23.5 Å². The van der Waals surface area contributed by atoms with Gasteiger partial charge in [0.25, 0.3) is 0 Å². The van der Waals surface area contributed by atoms with E-state index in [4.69, 9.17) is 9.47 Å². The largest absolute Gasteiger partial charge is 0.493 e. The van der Waals surface area contributed by atoms with Gasteiger partial charge in [-0.3, -0.25) is 4.79 Å². The fraction of sp³-hybridized carbons (Fsp3) is 0.174. The van der Waals surface area contributed by atoms with E-state index in [-0.39, 0.29) is 11.7 Å². The zero-order chi connectivity index (χ0) is 22.5. The SMILES string of the molecule is COc1ccc(C=CC(=O)NCCc2csc3nc(-c4ccccc4F)nn23)cc1OC. The molecule has 9 heteroatoms. The molecule has 0 aliphatic heterocycles. The summed E-state index contributed by atoms with van der Waals surface area (Å²) in [5.41, 5.74) is 2.08. The molecule has 0 saturated carbocycles. The normalized spacial score (nSPS) is 11.2. The molecular formula is C23H21FN4O3S. The van der Waals surface area contributed by atoms with Gasteiger partial charge in [0.2, 0.25) is 10.9 Å². The molecule has 2 aromatic heterocycles. The van der Waals surface area contributed by atoms with Gasteiger partial charge in [0.15, 0.2) is 17.3 Å². The van der Waals surface area contributed by atoms with E-state index >= 15 is 0 Å². The fourth-order valence-electron chi connectivity index (χ4n) is 3.15. The summed E-state index contributed by atoms with van der Waals surface area (Å²) in [4.78, 5) is 17.3. The molecule has 0 saturated heterocycles. The molecule has 0 unspecified atom stereocenters. The minimum Gasteiger partial charge on any atom is -0.493 e. The minimum atomic E-state index is -0.360. The number of halogens is 1. The lowest BCUT2D eigenvalue weighted by atomic mass is 10.2. The van der Waals surface area contributed by atoms with Crippen molar-refractivity contribution in [2.24, 2.45) is 0 Å². The lowest BCUT2D eigenvalue weighted by Gasteiger charge is -2.07. The number of carbonyl (C=O) groups excluding carboxylic acids is 1. The molecule has 1 N–H and O–H groups in total. The first-order valence-corrected chi connectivity index (χ1v) is 10.7. The second-order valence-electron chi connectivity index (χ2n) is 6.83. The summed E-state index contributed by atoms with van der Waals surface area (Å²) in [5.74, 6) is 0.998. The maximum Gasteiger partial charge on any atom is 0.244 e. The number of amides is 1. The zero-order valence-corrected chi connectivity index (χ0v) is 18.4. The first-order chi connectivity index (χ1) is 15.6. The highest BCUT2D eigenvalue weighted by Gasteiger charge is 2.14. The number of rotatable bonds is 8. The maximum atomic E-state index is 14.0. The predicted octanol–water partition coefficient (Wildman–Crippen LogP) is 3.99. The van der Waals surface area contributed by atoms with Crippen molar-refractivity contribution in [2.45, 2.75) is 6.42 Å². The number of thiazole rings is 1.